The SMILES string of the molecule is CCN(CC)CCS(=O)(=O)c1ccc(C(=O)OC(C)C)cc1. The third-order valence-electron chi connectivity index (χ3n) is 3.36. The van der Waals surface area contributed by atoms with Crippen molar-refractivity contribution in [2.24, 2.45) is 0 Å². The zero-order valence-electron chi connectivity index (χ0n) is 13.7. The van der Waals surface area contributed by atoms with Crippen molar-refractivity contribution in [2.45, 2.75) is 38.7 Å². The Bertz CT molecular complexity index is 575. The molecule has 0 aliphatic heterocycles. The molecule has 0 aliphatic rings. The van der Waals surface area contributed by atoms with Crippen molar-refractivity contribution in [3.05, 3.63) is 29.8 Å². The molecule has 124 valence electrons. The van der Waals surface area contributed by atoms with E-state index in [1.807, 2.05) is 13.8 Å². The number of nitrogens with zero attached hydrogens (tertiary/aromatic N) is 1. The van der Waals surface area contributed by atoms with Crippen molar-refractivity contribution in [3.8, 4) is 0 Å². The van der Waals surface area contributed by atoms with Crippen LogP contribution in [-0.4, -0.2) is 50.8 Å². The number of esters is 1. The predicted molar refractivity (Wildman–Crippen MR) is 86.8 cm³/mol. The Morgan fingerprint density at radius 3 is 2.14 bits per heavy atom. The molecule has 0 saturated carbocycles. The van der Waals surface area contributed by atoms with Crippen LogP contribution in [0.15, 0.2) is 29.2 Å². The summed E-state index contributed by atoms with van der Waals surface area (Å²) in [6.45, 7) is 9.70. The van der Waals surface area contributed by atoms with Gasteiger partial charge in [-0.3, -0.25) is 0 Å². The molecule has 1 aromatic rings. The van der Waals surface area contributed by atoms with Crippen LogP contribution in [0.5, 0.6) is 0 Å². The number of hydrogen-bond acceptors (Lipinski definition) is 5. The van der Waals surface area contributed by atoms with Crippen molar-refractivity contribution in [1.29, 1.82) is 0 Å². The minimum Gasteiger partial charge on any atom is -0.459 e. The van der Waals surface area contributed by atoms with Crippen molar-refractivity contribution in [3.63, 3.8) is 0 Å². The van der Waals surface area contributed by atoms with E-state index in [-0.39, 0.29) is 16.8 Å². The predicted octanol–water partition coefficient (Wildman–Crippen LogP) is 2.37. The monoisotopic (exact) mass is 327 g/mol. The number of benzene rings is 1. The maximum Gasteiger partial charge on any atom is 0.338 e. The van der Waals surface area contributed by atoms with Crippen LogP contribution in [0.3, 0.4) is 0 Å². The van der Waals surface area contributed by atoms with Gasteiger partial charge in [-0.25, -0.2) is 13.2 Å². The second-order valence-corrected chi connectivity index (χ2v) is 7.43. The second kappa shape index (κ2) is 8.29. The maximum atomic E-state index is 12.3. The van der Waals surface area contributed by atoms with Crippen molar-refractivity contribution < 1.29 is 17.9 Å². The minimum atomic E-state index is -3.33. The fourth-order valence-corrected chi connectivity index (χ4v) is 3.27. The highest BCUT2D eigenvalue weighted by Crippen LogP contribution is 2.14. The summed E-state index contributed by atoms with van der Waals surface area (Å²) in [5, 5.41) is 0. The van der Waals surface area contributed by atoms with E-state index in [0.29, 0.717) is 12.1 Å². The largest absolute Gasteiger partial charge is 0.459 e. The van der Waals surface area contributed by atoms with Crippen molar-refractivity contribution >= 4 is 15.8 Å². The van der Waals surface area contributed by atoms with Gasteiger partial charge in [0, 0.05) is 6.54 Å². The average Bonchev–Trinajstić information content (AvgIpc) is 2.47. The Balaban J connectivity index is 2.78. The zero-order valence-corrected chi connectivity index (χ0v) is 14.5. The van der Waals surface area contributed by atoms with Crippen molar-refractivity contribution in [1.82, 2.24) is 4.90 Å². The number of carbonyl (C=O) groups is 1. The third-order valence-corrected chi connectivity index (χ3v) is 5.07. The van der Waals surface area contributed by atoms with Gasteiger partial charge in [0.1, 0.15) is 0 Å². The molecule has 0 radical (unpaired) electrons. The summed E-state index contributed by atoms with van der Waals surface area (Å²) in [6.07, 6.45) is -0.204. The van der Waals surface area contributed by atoms with Crippen LogP contribution in [0.2, 0.25) is 0 Å². The smallest absolute Gasteiger partial charge is 0.338 e. The first-order valence-corrected chi connectivity index (χ1v) is 9.21. The van der Waals surface area contributed by atoms with E-state index < -0.39 is 15.8 Å². The van der Waals surface area contributed by atoms with Gasteiger partial charge in [-0.2, -0.15) is 0 Å². The molecule has 6 heteroatoms. The van der Waals surface area contributed by atoms with Gasteiger partial charge >= 0.3 is 5.97 Å². The quantitative estimate of drug-likeness (QED) is 0.686. The molecule has 0 fully saturated rings. The van der Waals surface area contributed by atoms with E-state index in [0.717, 1.165) is 13.1 Å². The van der Waals surface area contributed by atoms with E-state index in [2.05, 4.69) is 4.90 Å². The molecule has 0 unspecified atom stereocenters. The lowest BCUT2D eigenvalue weighted by Crippen LogP contribution is -2.29. The molecule has 22 heavy (non-hydrogen) atoms. The first-order chi connectivity index (χ1) is 10.3. The Kier molecular flexibility index (Phi) is 7.03. The number of rotatable bonds is 8. The van der Waals surface area contributed by atoms with Gasteiger partial charge < -0.3 is 9.64 Å². The summed E-state index contributed by atoms with van der Waals surface area (Å²) in [7, 11) is -3.33. The number of ether oxygens (including phenoxy) is 1. The zero-order chi connectivity index (χ0) is 16.8. The summed E-state index contributed by atoms with van der Waals surface area (Å²) < 4.78 is 29.6. The highest BCUT2D eigenvalue weighted by atomic mass is 32.2. The average molecular weight is 327 g/mol. The van der Waals surface area contributed by atoms with Gasteiger partial charge in [0.15, 0.2) is 9.84 Å². The van der Waals surface area contributed by atoms with Crippen LogP contribution in [0.25, 0.3) is 0 Å². The highest BCUT2D eigenvalue weighted by molar-refractivity contribution is 7.91. The lowest BCUT2D eigenvalue weighted by Gasteiger charge is -2.17. The molecule has 1 aromatic carbocycles. The fraction of sp³-hybridized carbons (Fsp3) is 0.562. The molecule has 0 saturated heterocycles. The minimum absolute atomic E-state index is 0.0739. The summed E-state index contributed by atoms with van der Waals surface area (Å²) in [4.78, 5) is 14.0. The normalized spacial score (nSPS) is 11.9. The molecule has 0 N–H and O–H groups in total. The Morgan fingerprint density at radius 1 is 1.14 bits per heavy atom. The number of carbonyl (C=O) groups excluding carboxylic acids is 1. The second-order valence-electron chi connectivity index (χ2n) is 5.32. The molecule has 0 aliphatic carbocycles. The standard InChI is InChI=1S/C16H25NO4S/c1-5-17(6-2)11-12-22(19,20)15-9-7-14(8-10-15)16(18)21-13(3)4/h7-10,13H,5-6,11-12H2,1-4H3. The molecule has 0 atom stereocenters. The van der Waals surface area contributed by atoms with Gasteiger partial charge in [-0.15, -0.1) is 0 Å². The molecule has 0 aromatic heterocycles. The Labute approximate surface area is 133 Å². The molecular weight excluding hydrogens is 302 g/mol. The van der Waals surface area contributed by atoms with Crippen LogP contribution < -0.4 is 0 Å². The van der Waals surface area contributed by atoms with Gasteiger partial charge in [0.25, 0.3) is 0 Å². The topological polar surface area (TPSA) is 63.7 Å². The first-order valence-electron chi connectivity index (χ1n) is 7.56. The van der Waals surface area contributed by atoms with Crippen LogP contribution in [0.1, 0.15) is 38.1 Å². The molecule has 1 rings (SSSR count). The van der Waals surface area contributed by atoms with Crippen LogP contribution in [-0.2, 0) is 14.6 Å². The fourth-order valence-electron chi connectivity index (χ4n) is 1.99. The van der Waals surface area contributed by atoms with Gasteiger partial charge in [-0.05, 0) is 51.2 Å². The van der Waals surface area contributed by atoms with E-state index in [1.54, 1.807) is 13.8 Å². The number of sulfone groups is 1. The Hall–Kier alpha value is -1.40. The summed E-state index contributed by atoms with van der Waals surface area (Å²) >= 11 is 0. The molecule has 0 bridgehead atoms. The van der Waals surface area contributed by atoms with Gasteiger partial charge in [0.05, 0.1) is 22.3 Å². The lowest BCUT2D eigenvalue weighted by molar-refractivity contribution is 0.0378. The molecule has 0 heterocycles. The Morgan fingerprint density at radius 2 is 1.68 bits per heavy atom. The van der Waals surface area contributed by atoms with Crippen LogP contribution >= 0.6 is 0 Å². The van der Waals surface area contributed by atoms with E-state index in [9.17, 15) is 13.2 Å². The third kappa shape index (κ3) is 5.42. The summed E-state index contributed by atoms with van der Waals surface area (Å²) in [6, 6.07) is 5.92. The molecule has 5 nitrogen and oxygen atoms in total. The summed E-state index contributed by atoms with van der Waals surface area (Å²) in [5.41, 5.74) is 0.358. The van der Waals surface area contributed by atoms with E-state index in [4.69, 9.17) is 4.74 Å². The number of hydrogen-bond donors (Lipinski definition) is 0. The molecule has 0 amide bonds. The van der Waals surface area contributed by atoms with Crippen LogP contribution in [0, 0.1) is 0 Å². The van der Waals surface area contributed by atoms with Gasteiger partial charge in [-0.1, -0.05) is 13.8 Å². The van der Waals surface area contributed by atoms with E-state index >= 15 is 0 Å². The van der Waals surface area contributed by atoms with Crippen molar-refractivity contribution in [2.75, 3.05) is 25.4 Å². The first kappa shape index (κ1) is 18.6. The van der Waals surface area contributed by atoms with Crippen LogP contribution in [0.4, 0.5) is 0 Å². The summed E-state index contributed by atoms with van der Waals surface area (Å²) in [5.74, 6) is -0.369. The molecule has 0 spiro atoms. The highest BCUT2D eigenvalue weighted by Gasteiger charge is 2.17. The molecular formula is C16H25NO4S. The lowest BCUT2D eigenvalue weighted by atomic mass is 10.2. The van der Waals surface area contributed by atoms with E-state index in [1.165, 1.54) is 24.3 Å². The van der Waals surface area contributed by atoms with Gasteiger partial charge in [0.2, 0.25) is 0 Å². The maximum absolute atomic E-state index is 12.3.